The summed E-state index contributed by atoms with van der Waals surface area (Å²) in [5.41, 5.74) is 6.08. The van der Waals surface area contributed by atoms with Crippen LogP contribution >= 0.6 is 0 Å². The summed E-state index contributed by atoms with van der Waals surface area (Å²) in [5, 5.41) is 7.44. The van der Waals surface area contributed by atoms with Crippen molar-refractivity contribution in [1.29, 1.82) is 0 Å². The molecule has 0 fully saturated rings. The fourth-order valence-electron chi connectivity index (χ4n) is 0.874. The van der Waals surface area contributed by atoms with E-state index in [1.165, 1.54) is 6.33 Å². The number of imidazole rings is 1. The predicted molar refractivity (Wildman–Crippen MR) is 41.0 cm³/mol. The lowest BCUT2D eigenvalue weighted by atomic mass is 10.4. The highest BCUT2D eigenvalue weighted by Crippen LogP contribution is 2.19. The van der Waals surface area contributed by atoms with Crippen LogP contribution in [0.25, 0.3) is 11.6 Å². The molecule has 0 aliphatic rings. The molecule has 0 aliphatic carbocycles. The van der Waals surface area contributed by atoms with Crippen LogP contribution in [-0.2, 0) is 0 Å². The van der Waals surface area contributed by atoms with E-state index in [0.717, 1.165) is 0 Å². The van der Waals surface area contributed by atoms with Crippen molar-refractivity contribution in [2.75, 3.05) is 5.73 Å². The van der Waals surface area contributed by atoms with Crippen LogP contribution in [0.3, 0.4) is 0 Å². The number of H-pyrrole nitrogens is 1. The fourth-order valence-corrected chi connectivity index (χ4v) is 0.874. The van der Waals surface area contributed by atoms with E-state index in [1.54, 1.807) is 6.92 Å². The molecular weight excluding hydrogens is 158 g/mol. The van der Waals surface area contributed by atoms with Crippen molar-refractivity contribution in [1.82, 2.24) is 20.2 Å². The van der Waals surface area contributed by atoms with Gasteiger partial charge in [0.05, 0.1) is 6.33 Å². The molecular formula is C6H7N5O. The second-order valence-electron chi connectivity index (χ2n) is 2.29. The number of hydrogen-bond acceptors (Lipinski definition) is 5. The van der Waals surface area contributed by atoms with Gasteiger partial charge < -0.3 is 15.1 Å². The molecule has 0 radical (unpaired) electrons. The Hall–Kier alpha value is -1.85. The van der Waals surface area contributed by atoms with Gasteiger partial charge in [-0.3, -0.25) is 0 Å². The van der Waals surface area contributed by atoms with Crippen molar-refractivity contribution in [3.63, 3.8) is 0 Å². The summed E-state index contributed by atoms with van der Waals surface area (Å²) in [7, 11) is 0. The van der Waals surface area contributed by atoms with Crippen LogP contribution in [0.2, 0.25) is 0 Å². The van der Waals surface area contributed by atoms with Gasteiger partial charge in [0, 0.05) is 6.92 Å². The van der Waals surface area contributed by atoms with Crippen LogP contribution in [0.1, 0.15) is 5.89 Å². The van der Waals surface area contributed by atoms with Crippen molar-refractivity contribution in [3.05, 3.63) is 12.2 Å². The topological polar surface area (TPSA) is 93.6 Å². The third-order valence-electron chi connectivity index (χ3n) is 1.41. The molecule has 2 rings (SSSR count). The van der Waals surface area contributed by atoms with E-state index < -0.39 is 0 Å². The molecule has 0 spiro atoms. The van der Waals surface area contributed by atoms with Crippen molar-refractivity contribution in [2.45, 2.75) is 6.92 Å². The van der Waals surface area contributed by atoms with Crippen molar-refractivity contribution in [2.24, 2.45) is 0 Å². The zero-order chi connectivity index (χ0) is 8.55. The van der Waals surface area contributed by atoms with Gasteiger partial charge in [-0.25, -0.2) is 4.98 Å². The smallest absolute Gasteiger partial charge is 0.267 e. The Labute approximate surface area is 67.8 Å². The van der Waals surface area contributed by atoms with Gasteiger partial charge in [0.25, 0.3) is 5.89 Å². The van der Waals surface area contributed by atoms with E-state index in [0.29, 0.717) is 23.3 Å². The average molecular weight is 165 g/mol. The number of aromatic nitrogens is 4. The SMILES string of the molecule is Cc1nnc(-c2[nH]cnc2N)o1. The maximum Gasteiger partial charge on any atom is 0.267 e. The molecule has 62 valence electrons. The zero-order valence-corrected chi connectivity index (χ0v) is 6.40. The highest BCUT2D eigenvalue weighted by molar-refractivity contribution is 5.61. The number of aromatic amines is 1. The molecule has 0 amide bonds. The number of nitrogens with one attached hydrogen (secondary N) is 1. The maximum atomic E-state index is 5.51. The normalized spacial score (nSPS) is 10.4. The third kappa shape index (κ3) is 0.931. The highest BCUT2D eigenvalue weighted by Gasteiger charge is 2.10. The summed E-state index contributed by atoms with van der Waals surface area (Å²) in [6, 6.07) is 0. The number of rotatable bonds is 1. The van der Waals surface area contributed by atoms with Gasteiger partial charge in [-0.1, -0.05) is 0 Å². The van der Waals surface area contributed by atoms with Gasteiger partial charge in [0.2, 0.25) is 5.89 Å². The maximum absolute atomic E-state index is 5.51. The van der Waals surface area contributed by atoms with E-state index >= 15 is 0 Å². The van der Waals surface area contributed by atoms with Crippen molar-refractivity contribution < 1.29 is 4.42 Å². The van der Waals surface area contributed by atoms with E-state index in [1.807, 2.05) is 0 Å². The first-order valence-corrected chi connectivity index (χ1v) is 3.36. The lowest BCUT2D eigenvalue weighted by Gasteiger charge is -1.88. The Bertz CT molecular complexity index is 390. The van der Waals surface area contributed by atoms with Crippen LogP contribution < -0.4 is 5.73 Å². The predicted octanol–water partition coefficient (Wildman–Crippen LogP) is 0.350. The minimum absolute atomic E-state index is 0.360. The summed E-state index contributed by atoms with van der Waals surface area (Å²) >= 11 is 0. The molecule has 0 unspecified atom stereocenters. The number of hydrogen-bond donors (Lipinski definition) is 2. The quantitative estimate of drug-likeness (QED) is 0.635. The molecule has 6 heteroatoms. The molecule has 2 aromatic rings. The summed E-state index contributed by atoms with van der Waals surface area (Å²) in [4.78, 5) is 6.60. The van der Waals surface area contributed by atoms with Crippen molar-refractivity contribution >= 4 is 5.82 Å². The zero-order valence-electron chi connectivity index (χ0n) is 6.40. The van der Waals surface area contributed by atoms with Gasteiger partial charge in [0.1, 0.15) is 5.69 Å². The van der Waals surface area contributed by atoms with Crippen LogP contribution in [-0.4, -0.2) is 20.2 Å². The van der Waals surface area contributed by atoms with Gasteiger partial charge in [-0.2, -0.15) is 0 Å². The number of anilines is 1. The largest absolute Gasteiger partial charge is 0.420 e. The lowest BCUT2D eigenvalue weighted by Crippen LogP contribution is -1.88. The summed E-state index contributed by atoms with van der Waals surface area (Å²) in [5.74, 6) is 1.22. The van der Waals surface area contributed by atoms with Crippen LogP contribution in [0.15, 0.2) is 10.7 Å². The first kappa shape index (κ1) is 6.84. The molecule has 2 aromatic heterocycles. The Morgan fingerprint density at radius 3 is 2.83 bits per heavy atom. The van der Waals surface area contributed by atoms with Gasteiger partial charge in [-0.15, -0.1) is 10.2 Å². The molecule has 0 saturated heterocycles. The molecule has 0 atom stereocenters. The molecule has 0 aromatic carbocycles. The van der Waals surface area contributed by atoms with Gasteiger partial charge in [0.15, 0.2) is 5.82 Å². The summed E-state index contributed by atoms with van der Waals surface area (Å²) in [6.45, 7) is 1.71. The second-order valence-corrected chi connectivity index (χ2v) is 2.29. The minimum Gasteiger partial charge on any atom is -0.420 e. The number of nitrogens with two attached hydrogens (primary N) is 1. The number of nitrogen functional groups attached to an aromatic ring is 1. The summed E-state index contributed by atoms with van der Waals surface area (Å²) < 4.78 is 5.14. The molecule has 0 bridgehead atoms. The first-order chi connectivity index (χ1) is 5.77. The molecule has 0 aliphatic heterocycles. The second kappa shape index (κ2) is 2.33. The van der Waals surface area contributed by atoms with E-state index in [4.69, 9.17) is 10.2 Å². The van der Waals surface area contributed by atoms with Crippen LogP contribution in [0.4, 0.5) is 5.82 Å². The Kier molecular flexibility index (Phi) is 1.33. The fraction of sp³-hybridized carbons (Fsp3) is 0.167. The Morgan fingerprint density at radius 1 is 1.50 bits per heavy atom. The summed E-state index contributed by atoms with van der Waals surface area (Å²) in [6.07, 6.45) is 1.48. The highest BCUT2D eigenvalue weighted by atomic mass is 16.4. The van der Waals surface area contributed by atoms with Gasteiger partial charge >= 0.3 is 0 Å². The number of nitrogens with zero attached hydrogens (tertiary/aromatic N) is 3. The molecule has 2 heterocycles. The number of aryl methyl sites for hydroxylation is 1. The standard InChI is InChI=1S/C6H7N5O/c1-3-10-11-6(12-3)4-5(7)9-2-8-4/h2H,7H2,1H3,(H,8,9). The van der Waals surface area contributed by atoms with Crippen LogP contribution in [0.5, 0.6) is 0 Å². The Balaban J connectivity index is 2.50. The van der Waals surface area contributed by atoms with Crippen LogP contribution in [0, 0.1) is 6.92 Å². The molecule has 12 heavy (non-hydrogen) atoms. The monoisotopic (exact) mass is 165 g/mol. The average Bonchev–Trinajstić information content (AvgIpc) is 2.58. The van der Waals surface area contributed by atoms with E-state index in [-0.39, 0.29) is 0 Å². The minimum atomic E-state index is 0.360. The first-order valence-electron chi connectivity index (χ1n) is 3.36. The Morgan fingerprint density at radius 2 is 2.33 bits per heavy atom. The molecule has 0 saturated carbocycles. The van der Waals surface area contributed by atoms with Crippen molar-refractivity contribution in [3.8, 4) is 11.6 Å². The van der Waals surface area contributed by atoms with E-state index in [2.05, 4.69) is 20.2 Å². The lowest BCUT2D eigenvalue weighted by molar-refractivity contribution is 0.531. The third-order valence-corrected chi connectivity index (χ3v) is 1.41. The molecule has 3 N–H and O–H groups in total. The molecule has 6 nitrogen and oxygen atoms in total. The van der Waals surface area contributed by atoms with E-state index in [9.17, 15) is 0 Å². The van der Waals surface area contributed by atoms with Gasteiger partial charge in [-0.05, 0) is 0 Å².